The Morgan fingerprint density at radius 2 is 2.10 bits per heavy atom. The maximum absolute atomic E-state index is 12.7. The maximum Gasteiger partial charge on any atom is 0.416 e. The summed E-state index contributed by atoms with van der Waals surface area (Å²) in [7, 11) is 0. The normalized spacial score (nSPS) is 17.1. The highest BCUT2D eigenvalue weighted by atomic mass is 19.4. The van der Waals surface area contributed by atoms with E-state index in [1.54, 1.807) is 0 Å². The average molecular weight is 408 g/mol. The van der Waals surface area contributed by atoms with Crippen LogP contribution in [0.1, 0.15) is 24.1 Å². The number of piperidine rings is 1. The summed E-state index contributed by atoms with van der Waals surface area (Å²) in [5.74, 6) is 0.597. The lowest BCUT2D eigenvalue weighted by Crippen LogP contribution is -2.44. The molecule has 1 amide bonds. The number of aryl methyl sites for hydroxylation is 1. The number of amides is 1. The SMILES string of the molecule is Cc1ccc(N2CCCC(C(=O)NCCOc3cccc(C(F)(F)F)c3)C2)nn1. The van der Waals surface area contributed by atoms with Gasteiger partial charge in [0.25, 0.3) is 0 Å². The lowest BCUT2D eigenvalue weighted by atomic mass is 9.97. The Hall–Kier alpha value is -2.84. The number of benzene rings is 1. The molecular formula is C20H23F3N4O2. The first-order chi connectivity index (χ1) is 13.8. The molecular weight excluding hydrogens is 385 g/mol. The lowest BCUT2D eigenvalue weighted by molar-refractivity contribution is -0.137. The Balaban J connectivity index is 1.45. The largest absolute Gasteiger partial charge is 0.492 e. The minimum Gasteiger partial charge on any atom is -0.492 e. The van der Waals surface area contributed by atoms with Crippen molar-refractivity contribution in [1.82, 2.24) is 15.5 Å². The van der Waals surface area contributed by atoms with Gasteiger partial charge in [0.15, 0.2) is 5.82 Å². The van der Waals surface area contributed by atoms with Crippen molar-refractivity contribution < 1.29 is 22.7 Å². The highest BCUT2D eigenvalue weighted by Gasteiger charge is 2.30. The fourth-order valence-electron chi connectivity index (χ4n) is 3.21. The number of carbonyl (C=O) groups excluding carboxylic acids is 1. The average Bonchev–Trinajstić information content (AvgIpc) is 2.71. The smallest absolute Gasteiger partial charge is 0.416 e. The number of anilines is 1. The molecule has 2 aromatic rings. The third-order valence-electron chi connectivity index (χ3n) is 4.73. The van der Waals surface area contributed by atoms with Gasteiger partial charge in [-0.15, -0.1) is 5.10 Å². The molecule has 156 valence electrons. The first kappa shape index (κ1) is 20.9. The molecule has 0 bridgehead atoms. The molecule has 2 heterocycles. The third kappa shape index (κ3) is 5.82. The number of nitrogens with one attached hydrogen (secondary N) is 1. The van der Waals surface area contributed by atoms with Crippen molar-refractivity contribution in [2.75, 3.05) is 31.1 Å². The Kier molecular flexibility index (Phi) is 6.56. The predicted octanol–water partition coefficient (Wildman–Crippen LogP) is 3.22. The molecule has 3 rings (SSSR count). The molecule has 1 atom stereocenters. The summed E-state index contributed by atoms with van der Waals surface area (Å²) in [5.41, 5.74) is 0.0707. The van der Waals surface area contributed by atoms with Crippen LogP contribution in [-0.2, 0) is 11.0 Å². The fourth-order valence-corrected chi connectivity index (χ4v) is 3.21. The molecule has 9 heteroatoms. The van der Waals surface area contributed by atoms with Crippen molar-refractivity contribution in [2.24, 2.45) is 5.92 Å². The van der Waals surface area contributed by atoms with E-state index in [0.717, 1.165) is 43.0 Å². The summed E-state index contributed by atoms with van der Waals surface area (Å²) < 4.78 is 43.5. The molecule has 1 aliphatic heterocycles. The van der Waals surface area contributed by atoms with Crippen molar-refractivity contribution in [3.63, 3.8) is 0 Å². The monoisotopic (exact) mass is 408 g/mol. The number of carbonyl (C=O) groups is 1. The second-order valence-electron chi connectivity index (χ2n) is 6.98. The van der Waals surface area contributed by atoms with Crippen LogP contribution in [0.4, 0.5) is 19.0 Å². The third-order valence-corrected chi connectivity index (χ3v) is 4.73. The van der Waals surface area contributed by atoms with E-state index in [1.165, 1.54) is 12.1 Å². The van der Waals surface area contributed by atoms with E-state index in [2.05, 4.69) is 15.5 Å². The van der Waals surface area contributed by atoms with Crippen molar-refractivity contribution in [1.29, 1.82) is 0 Å². The predicted molar refractivity (Wildman–Crippen MR) is 102 cm³/mol. The van der Waals surface area contributed by atoms with E-state index in [-0.39, 0.29) is 30.7 Å². The molecule has 1 aliphatic rings. The summed E-state index contributed by atoms with van der Waals surface area (Å²) in [6.45, 7) is 3.55. The Labute approximate surface area is 167 Å². The number of aromatic nitrogens is 2. The van der Waals surface area contributed by atoms with E-state index in [9.17, 15) is 18.0 Å². The van der Waals surface area contributed by atoms with Crippen molar-refractivity contribution in [2.45, 2.75) is 25.9 Å². The molecule has 6 nitrogen and oxygen atoms in total. The van der Waals surface area contributed by atoms with E-state index in [4.69, 9.17) is 4.74 Å². The van der Waals surface area contributed by atoms with Gasteiger partial charge in [-0.1, -0.05) is 6.07 Å². The summed E-state index contributed by atoms with van der Waals surface area (Å²) in [6.07, 6.45) is -2.77. The Morgan fingerprint density at radius 3 is 2.83 bits per heavy atom. The van der Waals surface area contributed by atoms with Crippen LogP contribution in [-0.4, -0.2) is 42.3 Å². The first-order valence-corrected chi connectivity index (χ1v) is 9.46. The summed E-state index contributed by atoms with van der Waals surface area (Å²) in [6, 6.07) is 8.47. The second kappa shape index (κ2) is 9.11. The van der Waals surface area contributed by atoms with Crippen LogP contribution < -0.4 is 15.0 Å². The van der Waals surface area contributed by atoms with E-state index in [1.807, 2.05) is 24.0 Å². The standard InChI is InChI=1S/C20H23F3N4O2/c1-14-7-8-18(26-25-14)27-10-3-4-15(13-27)19(28)24-9-11-29-17-6-2-5-16(12-17)20(21,22)23/h2,5-8,12,15H,3-4,9-11,13H2,1H3,(H,24,28). The quantitative estimate of drug-likeness (QED) is 0.744. The molecule has 0 aliphatic carbocycles. The molecule has 0 saturated carbocycles. The lowest BCUT2D eigenvalue weighted by Gasteiger charge is -2.32. The molecule has 0 radical (unpaired) electrons. The van der Waals surface area contributed by atoms with Crippen LogP contribution >= 0.6 is 0 Å². The van der Waals surface area contributed by atoms with Gasteiger partial charge in [-0.05, 0) is 50.1 Å². The number of hydrogen-bond donors (Lipinski definition) is 1. The zero-order valence-corrected chi connectivity index (χ0v) is 16.1. The van der Waals surface area contributed by atoms with Crippen LogP contribution in [0, 0.1) is 12.8 Å². The highest BCUT2D eigenvalue weighted by Crippen LogP contribution is 2.31. The minimum atomic E-state index is -4.41. The molecule has 0 spiro atoms. The Morgan fingerprint density at radius 1 is 1.28 bits per heavy atom. The van der Waals surface area contributed by atoms with Gasteiger partial charge in [0, 0.05) is 13.1 Å². The number of ether oxygens (including phenoxy) is 1. The van der Waals surface area contributed by atoms with Gasteiger partial charge in [0.1, 0.15) is 12.4 Å². The van der Waals surface area contributed by atoms with Crippen molar-refractivity contribution in [3.05, 3.63) is 47.7 Å². The van der Waals surface area contributed by atoms with Crippen LogP contribution in [0.15, 0.2) is 36.4 Å². The fraction of sp³-hybridized carbons (Fsp3) is 0.450. The minimum absolute atomic E-state index is 0.0902. The topological polar surface area (TPSA) is 67.4 Å². The first-order valence-electron chi connectivity index (χ1n) is 9.46. The van der Waals surface area contributed by atoms with Gasteiger partial charge < -0.3 is 15.0 Å². The molecule has 1 unspecified atom stereocenters. The van der Waals surface area contributed by atoms with E-state index >= 15 is 0 Å². The van der Waals surface area contributed by atoms with Gasteiger partial charge >= 0.3 is 6.18 Å². The van der Waals surface area contributed by atoms with Crippen LogP contribution in [0.3, 0.4) is 0 Å². The van der Waals surface area contributed by atoms with Gasteiger partial charge in [0.05, 0.1) is 23.7 Å². The molecule has 1 aromatic carbocycles. The summed E-state index contributed by atoms with van der Waals surface area (Å²) in [4.78, 5) is 14.5. The number of alkyl halides is 3. The molecule has 1 N–H and O–H groups in total. The number of halogens is 3. The molecule has 29 heavy (non-hydrogen) atoms. The van der Waals surface area contributed by atoms with Gasteiger partial charge in [-0.3, -0.25) is 4.79 Å². The summed E-state index contributed by atoms with van der Waals surface area (Å²) >= 11 is 0. The van der Waals surface area contributed by atoms with Crippen molar-refractivity contribution >= 4 is 11.7 Å². The van der Waals surface area contributed by atoms with Crippen LogP contribution in [0.5, 0.6) is 5.75 Å². The number of nitrogens with zero attached hydrogens (tertiary/aromatic N) is 3. The zero-order valence-electron chi connectivity index (χ0n) is 16.1. The molecule has 1 saturated heterocycles. The Bertz CT molecular complexity index is 827. The van der Waals surface area contributed by atoms with Crippen LogP contribution in [0.2, 0.25) is 0 Å². The molecule has 1 aromatic heterocycles. The van der Waals surface area contributed by atoms with Gasteiger partial charge in [-0.25, -0.2) is 0 Å². The molecule has 1 fully saturated rings. The second-order valence-corrected chi connectivity index (χ2v) is 6.98. The van der Waals surface area contributed by atoms with Gasteiger partial charge in [-0.2, -0.15) is 18.3 Å². The maximum atomic E-state index is 12.7. The summed E-state index contributed by atoms with van der Waals surface area (Å²) in [5, 5.41) is 11.0. The van der Waals surface area contributed by atoms with Gasteiger partial charge in [0.2, 0.25) is 5.91 Å². The number of hydrogen-bond acceptors (Lipinski definition) is 5. The highest BCUT2D eigenvalue weighted by molar-refractivity contribution is 5.79. The van der Waals surface area contributed by atoms with Crippen LogP contribution in [0.25, 0.3) is 0 Å². The van der Waals surface area contributed by atoms with E-state index in [0.29, 0.717) is 6.54 Å². The zero-order chi connectivity index (χ0) is 20.9. The number of rotatable bonds is 6. The van der Waals surface area contributed by atoms with E-state index < -0.39 is 11.7 Å². The van der Waals surface area contributed by atoms with Crippen molar-refractivity contribution in [3.8, 4) is 5.75 Å².